The number of nitrogens with zero attached hydrogens (tertiary/aromatic N) is 1. The lowest BCUT2D eigenvalue weighted by molar-refractivity contribution is 0.159. The van der Waals surface area contributed by atoms with Crippen LogP contribution in [-0.2, 0) is 0 Å². The number of unbranched alkanes of at least 4 members (excludes halogenated alkanes) is 2. The summed E-state index contributed by atoms with van der Waals surface area (Å²) in [5.41, 5.74) is 1.39. The molecular formula is C17H28Cl3FN2. The molecule has 2 rings (SSSR count). The van der Waals surface area contributed by atoms with Crippen LogP contribution in [-0.4, -0.2) is 31.1 Å². The van der Waals surface area contributed by atoms with E-state index in [-0.39, 0.29) is 36.7 Å². The molecule has 1 aromatic carbocycles. The average Bonchev–Trinajstić information content (AvgIpc) is 2.51. The zero-order chi connectivity index (χ0) is 15.2. The number of nitrogens with one attached hydrogen (secondary N) is 1. The van der Waals surface area contributed by atoms with Gasteiger partial charge in [-0.25, -0.2) is 4.39 Å². The van der Waals surface area contributed by atoms with Crippen molar-refractivity contribution in [2.45, 2.75) is 45.6 Å². The topological polar surface area (TPSA) is 15.3 Å². The maximum Gasteiger partial charge on any atom is 0.132 e. The minimum atomic E-state index is -0.123. The maximum atomic E-state index is 14.6. The van der Waals surface area contributed by atoms with Crippen LogP contribution in [0.5, 0.6) is 0 Å². The molecule has 1 aliphatic rings. The molecule has 0 amide bonds. The van der Waals surface area contributed by atoms with Crippen molar-refractivity contribution in [1.82, 2.24) is 10.2 Å². The third-order valence-electron chi connectivity index (χ3n) is 4.33. The van der Waals surface area contributed by atoms with Gasteiger partial charge in [-0.15, -0.1) is 24.8 Å². The molecule has 1 saturated heterocycles. The highest BCUT2D eigenvalue weighted by Gasteiger charge is 2.27. The summed E-state index contributed by atoms with van der Waals surface area (Å²) >= 11 is 6.35. The van der Waals surface area contributed by atoms with Crippen LogP contribution < -0.4 is 5.32 Å². The Morgan fingerprint density at radius 2 is 1.87 bits per heavy atom. The summed E-state index contributed by atoms with van der Waals surface area (Å²) in [5, 5.41) is 3.93. The molecule has 0 radical (unpaired) electrons. The standard InChI is InChI=1S/C17H26ClFN2.2ClH/c1-3-4-5-6-15(21-11-9-20-10-12-21)16-14(18)8-7-13(2)17(16)19;;/h7-8,15,20H,3-6,9-12H2,1-2H3;2*1H/t15-;;/m0../s1. The van der Waals surface area contributed by atoms with Crippen LogP contribution in [0.3, 0.4) is 0 Å². The van der Waals surface area contributed by atoms with Gasteiger partial charge in [0.2, 0.25) is 0 Å². The largest absolute Gasteiger partial charge is 0.314 e. The van der Waals surface area contributed by atoms with E-state index in [0.717, 1.165) is 39.0 Å². The van der Waals surface area contributed by atoms with Crippen molar-refractivity contribution < 1.29 is 4.39 Å². The van der Waals surface area contributed by atoms with Crippen LogP contribution in [0.25, 0.3) is 0 Å². The van der Waals surface area contributed by atoms with Gasteiger partial charge in [0.15, 0.2) is 0 Å². The van der Waals surface area contributed by atoms with E-state index in [2.05, 4.69) is 17.1 Å². The molecule has 6 heteroatoms. The second-order valence-corrected chi connectivity index (χ2v) is 6.30. The Morgan fingerprint density at radius 1 is 1.22 bits per heavy atom. The summed E-state index contributed by atoms with van der Waals surface area (Å²) in [6.45, 7) is 7.86. The fraction of sp³-hybridized carbons (Fsp3) is 0.647. The fourth-order valence-corrected chi connectivity index (χ4v) is 3.35. The fourth-order valence-electron chi connectivity index (χ4n) is 3.07. The molecule has 1 aromatic rings. The van der Waals surface area contributed by atoms with Gasteiger partial charge in [-0.3, -0.25) is 4.90 Å². The Balaban J connectivity index is 0.00000242. The number of hydrogen-bond donors (Lipinski definition) is 1. The third-order valence-corrected chi connectivity index (χ3v) is 4.66. The Labute approximate surface area is 157 Å². The summed E-state index contributed by atoms with van der Waals surface area (Å²) < 4.78 is 14.6. The molecule has 134 valence electrons. The van der Waals surface area contributed by atoms with Gasteiger partial charge in [0.25, 0.3) is 0 Å². The lowest BCUT2D eigenvalue weighted by atomic mass is 9.96. The minimum Gasteiger partial charge on any atom is -0.314 e. The first-order chi connectivity index (χ1) is 10.1. The van der Waals surface area contributed by atoms with Crippen LogP contribution in [0.15, 0.2) is 12.1 Å². The molecule has 2 nitrogen and oxygen atoms in total. The van der Waals surface area contributed by atoms with Gasteiger partial charge in [-0.05, 0) is 25.0 Å². The molecule has 0 unspecified atom stereocenters. The monoisotopic (exact) mass is 384 g/mol. The van der Waals surface area contributed by atoms with Crippen LogP contribution in [0.1, 0.15) is 49.8 Å². The van der Waals surface area contributed by atoms with Crippen LogP contribution >= 0.6 is 36.4 Å². The van der Waals surface area contributed by atoms with E-state index >= 15 is 0 Å². The Hall–Kier alpha value is -0.0600. The molecule has 1 N–H and O–H groups in total. The van der Waals surface area contributed by atoms with E-state index in [4.69, 9.17) is 11.6 Å². The summed E-state index contributed by atoms with van der Waals surface area (Å²) in [5.74, 6) is -0.123. The van der Waals surface area contributed by atoms with Crippen LogP contribution in [0.2, 0.25) is 5.02 Å². The highest BCUT2D eigenvalue weighted by Crippen LogP contribution is 2.35. The van der Waals surface area contributed by atoms with Crippen molar-refractivity contribution in [2.75, 3.05) is 26.2 Å². The summed E-state index contributed by atoms with van der Waals surface area (Å²) in [7, 11) is 0. The van der Waals surface area contributed by atoms with Crippen LogP contribution in [0.4, 0.5) is 4.39 Å². The number of hydrogen-bond acceptors (Lipinski definition) is 2. The first-order valence-electron chi connectivity index (χ1n) is 8.04. The molecule has 1 heterocycles. The van der Waals surface area contributed by atoms with Crippen molar-refractivity contribution in [3.63, 3.8) is 0 Å². The first-order valence-corrected chi connectivity index (χ1v) is 8.42. The molecule has 0 aromatic heterocycles. The Kier molecular flexibility index (Phi) is 11.5. The van der Waals surface area contributed by atoms with Crippen molar-refractivity contribution in [3.05, 3.63) is 34.1 Å². The number of halogens is 4. The smallest absolute Gasteiger partial charge is 0.132 e. The highest BCUT2D eigenvalue weighted by molar-refractivity contribution is 6.31. The summed E-state index contributed by atoms with van der Waals surface area (Å²) in [6.07, 6.45) is 4.47. The number of aryl methyl sites for hydroxylation is 1. The maximum absolute atomic E-state index is 14.6. The third kappa shape index (κ3) is 6.06. The lowest BCUT2D eigenvalue weighted by Crippen LogP contribution is -2.45. The van der Waals surface area contributed by atoms with Crippen molar-refractivity contribution in [3.8, 4) is 0 Å². The van der Waals surface area contributed by atoms with Gasteiger partial charge in [0.05, 0.1) is 0 Å². The van der Waals surface area contributed by atoms with Gasteiger partial charge in [-0.1, -0.05) is 43.9 Å². The molecule has 0 bridgehead atoms. The summed E-state index contributed by atoms with van der Waals surface area (Å²) in [4.78, 5) is 2.38. The molecule has 0 saturated carbocycles. The van der Waals surface area contributed by atoms with Crippen molar-refractivity contribution in [2.24, 2.45) is 0 Å². The quantitative estimate of drug-likeness (QED) is 0.681. The highest BCUT2D eigenvalue weighted by atomic mass is 35.5. The first kappa shape index (κ1) is 22.9. The molecule has 0 aliphatic carbocycles. The number of rotatable bonds is 6. The molecule has 23 heavy (non-hydrogen) atoms. The number of piperazine rings is 1. The van der Waals surface area contributed by atoms with Gasteiger partial charge < -0.3 is 5.32 Å². The van der Waals surface area contributed by atoms with E-state index in [0.29, 0.717) is 16.1 Å². The molecule has 1 atom stereocenters. The lowest BCUT2D eigenvalue weighted by Gasteiger charge is -2.36. The van der Waals surface area contributed by atoms with E-state index in [1.807, 2.05) is 13.0 Å². The van der Waals surface area contributed by atoms with Gasteiger partial charge >= 0.3 is 0 Å². The SMILES string of the molecule is CCCCC[C@@H](c1c(Cl)ccc(C)c1F)N1CCNCC1.Cl.Cl. The second-order valence-electron chi connectivity index (χ2n) is 5.89. The number of benzene rings is 1. The van der Waals surface area contributed by atoms with E-state index < -0.39 is 0 Å². The van der Waals surface area contributed by atoms with Gasteiger partial charge in [0, 0.05) is 42.8 Å². The van der Waals surface area contributed by atoms with Crippen molar-refractivity contribution in [1.29, 1.82) is 0 Å². The zero-order valence-electron chi connectivity index (χ0n) is 13.9. The van der Waals surface area contributed by atoms with E-state index in [1.54, 1.807) is 6.07 Å². The minimum absolute atomic E-state index is 0. The predicted molar refractivity (Wildman–Crippen MR) is 102 cm³/mol. The van der Waals surface area contributed by atoms with Crippen LogP contribution in [0, 0.1) is 12.7 Å². The van der Waals surface area contributed by atoms with Gasteiger partial charge in [0.1, 0.15) is 5.82 Å². The Morgan fingerprint density at radius 3 is 2.48 bits per heavy atom. The predicted octanol–water partition coefficient (Wildman–Crippen LogP) is 5.16. The molecule has 1 fully saturated rings. The normalized spacial score (nSPS) is 16.3. The van der Waals surface area contributed by atoms with Crippen molar-refractivity contribution >= 4 is 36.4 Å². The molecule has 1 aliphatic heterocycles. The average molecular weight is 386 g/mol. The second kappa shape index (κ2) is 11.5. The van der Waals surface area contributed by atoms with Gasteiger partial charge in [-0.2, -0.15) is 0 Å². The molecule has 0 spiro atoms. The summed E-state index contributed by atoms with van der Waals surface area (Å²) in [6, 6.07) is 3.71. The van der Waals surface area contributed by atoms with E-state index in [9.17, 15) is 4.39 Å². The zero-order valence-corrected chi connectivity index (χ0v) is 16.3. The Bertz CT molecular complexity index is 465. The molecular weight excluding hydrogens is 358 g/mol. The van der Waals surface area contributed by atoms with E-state index in [1.165, 1.54) is 12.8 Å².